The van der Waals surface area contributed by atoms with Crippen molar-refractivity contribution in [3.8, 4) is 11.1 Å². The molecule has 0 aromatic heterocycles. The zero-order valence-electron chi connectivity index (χ0n) is 15.9. The van der Waals surface area contributed by atoms with Gasteiger partial charge >= 0.3 is 21.2 Å². The highest BCUT2D eigenvalue weighted by Gasteiger charge is 2.42. The van der Waals surface area contributed by atoms with Gasteiger partial charge in [-0.2, -0.15) is 26.3 Å². The third-order valence-corrected chi connectivity index (χ3v) is 7.01. The summed E-state index contributed by atoms with van der Waals surface area (Å²) in [4.78, 5) is 0. The van der Waals surface area contributed by atoms with Crippen LogP contribution in [0.5, 0.6) is 0 Å². The lowest BCUT2D eigenvalue weighted by Crippen LogP contribution is -2.56. The minimum atomic E-state index is -4.90. The molecule has 0 aliphatic heterocycles. The SMILES string of the molecule is CCO[Si](OC)(OCC)c1ccc(-c2cc(C(F)(F)F)cc(C(F)(F)F)c2)cc1. The Bertz CT molecular complexity index is 780. The van der Waals surface area contributed by atoms with Crippen molar-refractivity contribution in [2.45, 2.75) is 26.2 Å². The molecule has 2 aromatic carbocycles. The first-order chi connectivity index (χ1) is 13.5. The molecule has 0 radical (unpaired) electrons. The van der Waals surface area contributed by atoms with Crippen LogP contribution in [0.4, 0.5) is 26.3 Å². The Morgan fingerprint density at radius 3 is 1.52 bits per heavy atom. The van der Waals surface area contributed by atoms with Gasteiger partial charge in [0.05, 0.1) is 11.1 Å². The first kappa shape index (κ1) is 23.4. The summed E-state index contributed by atoms with van der Waals surface area (Å²) in [5.41, 5.74) is -2.74. The van der Waals surface area contributed by atoms with Crippen molar-refractivity contribution in [1.82, 2.24) is 0 Å². The van der Waals surface area contributed by atoms with Crippen LogP contribution in [-0.2, 0) is 25.6 Å². The Kier molecular flexibility index (Phi) is 7.15. The lowest BCUT2D eigenvalue weighted by atomic mass is 9.99. The fourth-order valence-electron chi connectivity index (χ4n) is 2.81. The first-order valence-corrected chi connectivity index (χ1v) is 10.4. The van der Waals surface area contributed by atoms with E-state index in [2.05, 4.69) is 0 Å². The summed E-state index contributed by atoms with van der Waals surface area (Å²) in [5, 5.41) is 0.551. The summed E-state index contributed by atoms with van der Waals surface area (Å²) in [6, 6.07) is 7.39. The maximum Gasteiger partial charge on any atom is 0.536 e. The van der Waals surface area contributed by atoms with Gasteiger partial charge in [-0.1, -0.05) is 24.3 Å². The van der Waals surface area contributed by atoms with E-state index in [1.165, 1.54) is 31.4 Å². The Balaban J connectivity index is 2.53. The van der Waals surface area contributed by atoms with Crippen LogP contribution in [-0.4, -0.2) is 29.1 Å². The third-order valence-electron chi connectivity index (χ3n) is 4.10. The predicted molar refractivity (Wildman–Crippen MR) is 97.5 cm³/mol. The number of rotatable bonds is 7. The molecule has 0 saturated heterocycles. The van der Waals surface area contributed by atoms with Gasteiger partial charge in [-0.25, -0.2) is 0 Å². The fraction of sp³-hybridized carbons (Fsp3) is 0.368. The van der Waals surface area contributed by atoms with Crippen LogP contribution in [0.15, 0.2) is 42.5 Å². The Morgan fingerprint density at radius 2 is 1.17 bits per heavy atom. The molecule has 0 N–H and O–H groups in total. The molecule has 0 saturated carbocycles. The van der Waals surface area contributed by atoms with Crippen molar-refractivity contribution in [1.29, 1.82) is 0 Å². The molecule has 0 spiro atoms. The zero-order valence-corrected chi connectivity index (χ0v) is 16.9. The van der Waals surface area contributed by atoms with E-state index in [1.54, 1.807) is 13.8 Å². The molecule has 0 heterocycles. The summed E-state index contributed by atoms with van der Waals surface area (Å²) in [7, 11) is -1.79. The number of hydrogen-bond donors (Lipinski definition) is 0. The van der Waals surface area contributed by atoms with Gasteiger partial charge in [0, 0.05) is 25.5 Å². The third kappa shape index (κ3) is 5.38. The number of benzene rings is 2. The lowest BCUT2D eigenvalue weighted by molar-refractivity contribution is -0.143. The normalized spacial score (nSPS) is 13.0. The average molecular weight is 438 g/mol. The molecule has 2 aromatic rings. The molecule has 0 fully saturated rings. The van der Waals surface area contributed by atoms with Crippen LogP contribution in [0.2, 0.25) is 0 Å². The summed E-state index contributed by atoms with van der Waals surface area (Å²) >= 11 is 0. The van der Waals surface area contributed by atoms with Gasteiger partial charge in [-0.05, 0) is 43.2 Å². The number of alkyl halides is 6. The molecule has 2 rings (SSSR count). The zero-order chi connectivity index (χ0) is 21.9. The average Bonchev–Trinajstić information content (AvgIpc) is 2.66. The molecule has 0 atom stereocenters. The topological polar surface area (TPSA) is 27.7 Å². The van der Waals surface area contributed by atoms with Crippen LogP contribution in [0.1, 0.15) is 25.0 Å². The second-order valence-electron chi connectivity index (χ2n) is 6.00. The second-order valence-corrected chi connectivity index (χ2v) is 8.67. The minimum Gasteiger partial charge on any atom is -0.373 e. The van der Waals surface area contributed by atoms with Crippen molar-refractivity contribution >= 4 is 14.0 Å². The molecule has 160 valence electrons. The Hall–Kier alpha value is -1.88. The van der Waals surface area contributed by atoms with Crippen molar-refractivity contribution in [2.24, 2.45) is 0 Å². The van der Waals surface area contributed by atoms with Gasteiger partial charge in [0.1, 0.15) is 0 Å². The molecule has 29 heavy (non-hydrogen) atoms. The first-order valence-electron chi connectivity index (χ1n) is 8.70. The summed E-state index contributed by atoms with van der Waals surface area (Å²) in [6.45, 7) is 4.14. The summed E-state index contributed by atoms with van der Waals surface area (Å²) in [6.07, 6.45) is -9.81. The van der Waals surface area contributed by atoms with Gasteiger partial charge < -0.3 is 13.3 Å². The van der Waals surface area contributed by atoms with Crippen LogP contribution in [0, 0.1) is 0 Å². The van der Waals surface area contributed by atoms with Gasteiger partial charge in [0.25, 0.3) is 0 Å². The van der Waals surface area contributed by atoms with Gasteiger partial charge in [-0.15, -0.1) is 0 Å². The monoisotopic (exact) mass is 438 g/mol. The summed E-state index contributed by atoms with van der Waals surface area (Å²) < 4.78 is 95.3. The summed E-state index contributed by atoms with van der Waals surface area (Å²) in [5.74, 6) is 0. The van der Waals surface area contributed by atoms with E-state index in [0.29, 0.717) is 30.5 Å². The molecule has 0 bridgehead atoms. The van der Waals surface area contributed by atoms with Crippen molar-refractivity contribution in [3.63, 3.8) is 0 Å². The van der Waals surface area contributed by atoms with Gasteiger partial charge in [0.2, 0.25) is 0 Å². The van der Waals surface area contributed by atoms with Crippen molar-refractivity contribution < 1.29 is 39.6 Å². The Morgan fingerprint density at radius 1 is 0.724 bits per heavy atom. The van der Waals surface area contributed by atoms with Crippen molar-refractivity contribution in [2.75, 3.05) is 20.3 Å². The van der Waals surface area contributed by atoms with E-state index in [0.717, 1.165) is 0 Å². The van der Waals surface area contributed by atoms with E-state index in [-0.39, 0.29) is 17.2 Å². The number of hydrogen-bond acceptors (Lipinski definition) is 3. The quantitative estimate of drug-likeness (QED) is 0.436. The standard InChI is InChI=1S/C19H20F6O3Si/c1-4-27-29(26-3,28-5-2)17-8-6-13(7-9-17)14-10-15(18(20,21)22)12-16(11-14)19(23,24)25/h6-12H,4-5H2,1-3H3. The molecule has 3 nitrogen and oxygen atoms in total. The van der Waals surface area contributed by atoms with E-state index < -0.39 is 32.3 Å². The maximum absolute atomic E-state index is 13.1. The largest absolute Gasteiger partial charge is 0.536 e. The van der Waals surface area contributed by atoms with Crippen LogP contribution < -0.4 is 5.19 Å². The van der Waals surface area contributed by atoms with E-state index in [1.807, 2.05) is 0 Å². The van der Waals surface area contributed by atoms with Crippen LogP contribution in [0.3, 0.4) is 0 Å². The highest BCUT2D eigenvalue weighted by Crippen LogP contribution is 2.38. The molecule has 0 unspecified atom stereocenters. The minimum absolute atomic E-state index is 0.102. The molecular formula is C19H20F6O3Si. The second kappa shape index (κ2) is 8.86. The highest BCUT2D eigenvalue weighted by atomic mass is 28.4. The van der Waals surface area contributed by atoms with E-state index in [9.17, 15) is 26.3 Å². The van der Waals surface area contributed by atoms with Crippen LogP contribution >= 0.6 is 0 Å². The van der Waals surface area contributed by atoms with Gasteiger partial charge in [0.15, 0.2) is 0 Å². The van der Waals surface area contributed by atoms with E-state index in [4.69, 9.17) is 13.3 Å². The molecular weight excluding hydrogens is 418 g/mol. The fourth-order valence-corrected chi connectivity index (χ4v) is 5.04. The number of halogens is 6. The highest BCUT2D eigenvalue weighted by molar-refractivity contribution is 6.75. The van der Waals surface area contributed by atoms with E-state index >= 15 is 0 Å². The Labute approximate surface area is 165 Å². The molecule has 0 aliphatic rings. The van der Waals surface area contributed by atoms with Crippen LogP contribution in [0.25, 0.3) is 11.1 Å². The van der Waals surface area contributed by atoms with Crippen molar-refractivity contribution in [3.05, 3.63) is 53.6 Å². The van der Waals surface area contributed by atoms with Gasteiger partial charge in [-0.3, -0.25) is 0 Å². The maximum atomic E-state index is 13.1. The lowest BCUT2D eigenvalue weighted by Gasteiger charge is -2.27. The predicted octanol–water partition coefficient (Wildman–Crippen LogP) is 5.26. The smallest absolute Gasteiger partial charge is 0.373 e. The molecule has 0 amide bonds. The molecule has 0 aliphatic carbocycles. The molecule has 10 heteroatoms.